The Morgan fingerprint density at radius 2 is 2.39 bits per heavy atom. The van der Waals surface area contributed by atoms with Crippen molar-refractivity contribution < 1.29 is 9.21 Å². The molecule has 0 aliphatic carbocycles. The van der Waals surface area contributed by atoms with Crippen LogP contribution in [-0.4, -0.2) is 41.6 Å². The number of aryl methyl sites for hydroxylation is 1. The van der Waals surface area contributed by atoms with Crippen LogP contribution in [0.4, 0.5) is 6.01 Å². The molecule has 1 atom stereocenters. The molecule has 1 amide bonds. The average molecular weight is 273 g/mol. The summed E-state index contributed by atoms with van der Waals surface area (Å²) in [5.74, 6) is 0.952. The summed E-state index contributed by atoms with van der Waals surface area (Å²) in [6, 6.07) is 0.205. The molecule has 18 heavy (non-hydrogen) atoms. The standard InChI is InChI=1S/C11H17ClN4O2/c1-13-10(17)8-4-2-3-7-16(8)11-15-14-9(18-11)5-6-12/h8H,2-7H2,1H3,(H,13,17). The highest BCUT2D eigenvalue weighted by atomic mass is 35.5. The maximum absolute atomic E-state index is 11.8. The molecule has 6 nitrogen and oxygen atoms in total. The lowest BCUT2D eigenvalue weighted by molar-refractivity contribution is -0.122. The van der Waals surface area contributed by atoms with E-state index in [4.69, 9.17) is 16.0 Å². The van der Waals surface area contributed by atoms with E-state index in [1.165, 1.54) is 0 Å². The van der Waals surface area contributed by atoms with Crippen molar-refractivity contribution in [1.82, 2.24) is 15.5 Å². The largest absolute Gasteiger partial charge is 0.408 e. The molecule has 7 heteroatoms. The van der Waals surface area contributed by atoms with Gasteiger partial charge in [0.1, 0.15) is 6.04 Å². The number of amides is 1. The Morgan fingerprint density at radius 3 is 3.11 bits per heavy atom. The number of nitrogens with zero attached hydrogens (tertiary/aromatic N) is 3. The SMILES string of the molecule is CNC(=O)C1CCCCN1c1nnc(CCCl)o1. The Kier molecular flexibility index (Phi) is 4.41. The maximum Gasteiger partial charge on any atom is 0.318 e. The molecule has 1 N–H and O–H groups in total. The van der Waals surface area contributed by atoms with Crippen LogP contribution in [0.1, 0.15) is 25.2 Å². The molecule has 1 fully saturated rings. The first-order valence-corrected chi connectivity index (χ1v) is 6.66. The Labute approximate surface area is 111 Å². The van der Waals surface area contributed by atoms with Gasteiger partial charge in [0.2, 0.25) is 11.8 Å². The van der Waals surface area contributed by atoms with Crippen LogP contribution in [0, 0.1) is 0 Å². The Balaban J connectivity index is 2.14. The van der Waals surface area contributed by atoms with Gasteiger partial charge in [0, 0.05) is 25.9 Å². The van der Waals surface area contributed by atoms with Crippen molar-refractivity contribution in [2.75, 3.05) is 24.4 Å². The molecule has 1 aromatic rings. The van der Waals surface area contributed by atoms with E-state index in [1.807, 2.05) is 4.90 Å². The first kappa shape index (κ1) is 13.1. The topological polar surface area (TPSA) is 71.3 Å². The molecule has 100 valence electrons. The molecule has 1 aliphatic rings. The summed E-state index contributed by atoms with van der Waals surface area (Å²) in [5, 5.41) is 10.6. The van der Waals surface area contributed by atoms with Crippen molar-refractivity contribution in [3.63, 3.8) is 0 Å². The fourth-order valence-corrected chi connectivity index (χ4v) is 2.30. The summed E-state index contributed by atoms with van der Waals surface area (Å²) in [6.07, 6.45) is 3.43. The van der Waals surface area contributed by atoms with Gasteiger partial charge in [0.15, 0.2) is 0 Å². The Morgan fingerprint density at radius 1 is 1.56 bits per heavy atom. The van der Waals surface area contributed by atoms with Crippen LogP contribution in [0.2, 0.25) is 0 Å². The number of piperidine rings is 1. The van der Waals surface area contributed by atoms with Gasteiger partial charge in [-0.2, -0.15) is 0 Å². The number of rotatable bonds is 4. The van der Waals surface area contributed by atoms with Gasteiger partial charge >= 0.3 is 6.01 Å². The quantitative estimate of drug-likeness (QED) is 0.827. The minimum atomic E-state index is -0.215. The van der Waals surface area contributed by atoms with Crippen LogP contribution in [-0.2, 0) is 11.2 Å². The Hall–Kier alpha value is -1.30. The lowest BCUT2D eigenvalue weighted by atomic mass is 10.0. The average Bonchev–Trinajstić information content (AvgIpc) is 2.87. The number of carbonyl (C=O) groups is 1. The number of alkyl halides is 1. The van der Waals surface area contributed by atoms with Crippen LogP contribution >= 0.6 is 11.6 Å². The first-order valence-electron chi connectivity index (χ1n) is 6.13. The zero-order valence-corrected chi connectivity index (χ0v) is 11.1. The van der Waals surface area contributed by atoms with Gasteiger partial charge < -0.3 is 14.6 Å². The highest BCUT2D eigenvalue weighted by Crippen LogP contribution is 2.23. The normalized spacial score (nSPS) is 19.9. The number of aromatic nitrogens is 2. The van der Waals surface area contributed by atoms with Crippen molar-refractivity contribution in [2.24, 2.45) is 0 Å². The first-order chi connectivity index (χ1) is 8.76. The summed E-state index contributed by atoms with van der Waals surface area (Å²) in [4.78, 5) is 13.7. The molecule has 0 saturated carbocycles. The van der Waals surface area contributed by atoms with Gasteiger partial charge in [-0.25, -0.2) is 0 Å². The van der Waals surface area contributed by atoms with E-state index in [9.17, 15) is 4.79 Å². The highest BCUT2D eigenvalue weighted by molar-refractivity contribution is 6.17. The Bertz CT molecular complexity index is 410. The second-order valence-electron chi connectivity index (χ2n) is 4.24. The number of anilines is 1. The van der Waals surface area contributed by atoms with Crippen LogP contribution in [0.3, 0.4) is 0 Å². The number of halogens is 1. The van der Waals surface area contributed by atoms with Gasteiger partial charge in [-0.1, -0.05) is 5.10 Å². The fraction of sp³-hybridized carbons (Fsp3) is 0.727. The molecule has 1 aliphatic heterocycles. The van der Waals surface area contributed by atoms with Gasteiger partial charge in [0.25, 0.3) is 0 Å². The highest BCUT2D eigenvalue weighted by Gasteiger charge is 2.31. The van der Waals surface area contributed by atoms with Crippen LogP contribution in [0.15, 0.2) is 4.42 Å². The lowest BCUT2D eigenvalue weighted by Gasteiger charge is -2.32. The van der Waals surface area contributed by atoms with E-state index in [1.54, 1.807) is 7.05 Å². The molecule has 1 saturated heterocycles. The number of hydrogen-bond donors (Lipinski definition) is 1. The number of likely N-dealkylation sites (N-methyl/N-ethyl adjacent to an activating group) is 1. The molecular weight excluding hydrogens is 256 g/mol. The fourth-order valence-electron chi connectivity index (χ4n) is 2.14. The van der Waals surface area contributed by atoms with Crippen molar-refractivity contribution in [1.29, 1.82) is 0 Å². The van der Waals surface area contributed by atoms with Crippen LogP contribution in [0.5, 0.6) is 0 Å². The molecular formula is C11H17ClN4O2. The lowest BCUT2D eigenvalue weighted by Crippen LogP contribution is -2.49. The van der Waals surface area contributed by atoms with Crippen molar-refractivity contribution >= 4 is 23.5 Å². The van der Waals surface area contributed by atoms with E-state index in [2.05, 4.69) is 15.5 Å². The third-order valence-corrected chi connectivity index (χ3v) is 3.25. The smallest absolute Gasteiger partial charge is 0.318 e. The summed E-state index contributed by atoms with van der Waals surface area (Å²) in [5.41, 5.74) is 0. The molecule has 1 unspecified atom stereocenters. The van der Waals surface area contributed by atoms with Crippen molar-refractivity contribution in [3.8, 4) is 0 Å². The molecule has 2 rings (SSSR count). The van der Waals surface area contributed by atoms with Crippen molar-refractivity contribution in [2.45, 2.75) is 31.7 Å². The summed E-state index contributed by atoms with van der Waals surface area (Å²) in [6.45, 7) is 0.764. The second kappa shape index (κ2) is 6.04. The predicted molar refractivity (Wildman–Crippen MR) is 67.8 cm³/mol. The molecule has 2 heterocycles. The van der Waals surface area contributed by atoms with E-state index in [0.717, 1.165) is 25.8 Å². The molecule has 0 bridgehead atoms. The minimum absolute atomic E-state index is 0.00760. The van der Waals surface area contributed by atoms with E-state index < -0.39 is 0 Å². The molecule has 0 radical (unpaired) electrons. The van der Waals surface area contributed by atoms with Gasteiger partial charge in [0.05, 0.1) is 0 Å². The monoisotopic (exact) mass is 272 g/mol. The molecule has 1 aromatic heterocycles. The third kappa shape index (κ3) is 2.75. The maximum atomic E-state index is 11.8. The second-order valence-corrected chi connectivity index (χ2v) is 4.61. The summed E-state index contributed by atoms with van der Waals surface area (Å²) < 4.78 is 5.53. The minimum Gasteiger partial charge on any atom is -0.408 e. The van der Waals surface area contributed by atoms with Crippen molar-refractivity contribution in [3.05, 3.63) is 5.89 Å². The molecule has 0 aromatic carbocycles. The number of hydrogen-bond acceptors (Lipinski definition) is 5. The predicted octanol–water partition coefficient (Wildman–Crippen LogP) is 0.956. The van der Waals surface area contributed by atoms with E-state index in [0.29, 0.717) is 24.2 Å². The molecule has 0 spiro atoms. The van der Waals surface area contributed by atoms with Gasteiger partial charge in [-0.3, -0.25) is 4.79 Å². The zero-order valence-electron chi connectivity index (χ0n) is 10.4. The van der Waals surface area contributed by atoms with Crippen LogP contribution in [0.25, 0.3) is 0 Å². The number of nitrogens with one attached hydrogen (secondary N) is 1. The summed E-state index contributed by atoms with van der Waals surface area (Å²) >= 11 is 5.63. The van der Waals surface area contributed by atoms with E-state index in [-0.39, 0.29) is 11.9 Å². The van der Waals surface area contributed by atoms with Gasteiger partial charge in [-0.15, -0.1) is 16.7 Å². The number of carbonyl (C=O) groups excluding carboxylic acids is 1. The van der Waals surface area contributed by atoms with E-state index >= 15 is 0 Å². The summed E-state index contributed by atoms with van der Waals surface area (Å²) in [7, 11) is 1.64. The van der Waals surface area contributed by atoms with Crippen LogP contribution < -0.4 is 10.2 Å². The zero-order chi connectivity index (χ0) is 13.0. The van der Waals surface area contributed by atoms with Gasteiger partial charge in [-0.05, 0) is 19.3 Å². The third-order valence-electron chi connectivity index (χ3n) is 3.06.